The SMILES string of the molecule is C=C(Cl)COC1CCNC1. The predicted octanol–water partition coefficient (Wildman–Crippen LogP) is 1.12. The van der Waals surface area contributed by atoms with E-state index in [1.54, 1.807) is 0 Å². The Labute approximate surface area is 66.2 Å². The summed E-state index contributed by atoms with van der Waals surface area (Å²) < 4.78 is 5.37. The standard InChI is InChI=1S/C7H12ClNO/c1-6(8)5-10-7-2-3-9-4-7/h7,9H,1-5H2. The van der Waals surface area contributed by atoms with Gasteiger partial charge in [-0.3, -0.25) is 0 Å². The smallest absolute Gasteiger partial charge is 0.0821 e. The van der Waals surface area contributed by atoms with Crippen molar-refractivity contribution in [2.45, 2.75) is 12.5 Å². The predicted molar refractivity (Wildman–Crippen MR) is 42.2 cm³/mol. The van der Waals surface area contributed by atoms with Crippen LogP contribution in [0.2, 0.25) is 0 Å². The molecule has 2 nitrogen and oxygen atoms in total. The summed E-state index contributed by atoms with van der Waals surface area (Å²) in [4.78, 5) is 0. The van der Waals surface area contributed by atoms with E-state index in [0.29, 0.717) is 17.7 Å². The van der Waals surface area contributed by atoms with Crippen molar-refractivity contribution >= 4 is 11.6 Å². The fourth-order valence-electron chi connectivity index (χ4n) is 0.979. The molecule has 1 heterocycles. The maximum Gasteiger partial charge on any atom is 0.0821 e. The Hall–Kier alpha value is -0.0500. The number of hydrogen-bond donors (Lipinski definition) is 1. The molecule has 0 aromatic heterocycles. The van der Waals surface area contributed by atoms with Gasteiger partial charge < -0.3 is 10.1 Å². The van der Waals surface area contributed by atoms with Gasteiger partial charge in [-0.05, 0) is 13.0 Å². The van der Waals surface area contributed by atoms with Gasteiger partial charge in [0.05, 0.1) is 12.7 Å². The van der Waals surface area contributed by atoms with Crippen molar-refractivity contribution in [3.8, 4) is 0 Å². The first-order chi connectivity index (χ1) is 4.79. The minimum atomic E-state index is 0.343. The second kappa shape index (κ2) is 3.96. The molecule has 58 valence electrons. The lowest BCUT2D eigenvalue weighted by Crippen LogP contribution is -2.17. The van der Waals surface area contributed by atoms with Gasteiger partial charge >= 0.3 is 0 Å². The highest BCUT2D eigenvalue weighted by Crippen LogP contribution is 2.06. The molecule has 0 radical (unpaired) electrons. The van der Waals surface area contributed by atoms with Crippen LogP contribution < -0.4 is 5.32 Å². The van der Waals surface area contributed by atoms with Crippen molar-refractivity contribution < 1.29 is 4.74 Å². The Morgan fingerprint density at radius 3 is 3.10 bits per heavy atom. The maximum absolute atomic E-state index is 5.52. The van der Waals surface area contributed by atoms with Crippen LogP contribution >= 0.6 is 11.6 Å². The average molecular weight is 162 g/mol. The number of rotatable bonds is 3. The van der Waals surface area contributed by atoms with Crippen LogP contribution in [0.5, 0.6) is 0 Å². The van der Waals surface area contributed by atoms with Crippen molar-refractivity contribution in [3.63, 3.8) is 0 Å². The zero-order chi connectivity index (χ0) is 7.40. The maximum atomic E-state index is 5.52. The van der Waals surface area contributed by atoms with E-state index in [1.165, 1.54) is 0 Å². The number of hydrogen-bond acceptors (Lipinski definition) is 2. The molecule has 1 aliphatic rings. The molecule has 0 spiro atoms. The third-order valence-electron chi connectivity index (χ3n) is 1.49. The second-order valence-corrected chi connectivity index (χ2v) is 2.98. The first kappa shape index (κ1) is 8.05. The molecule has 0 aliphatic carbocycles. The summed E-state index contributed by atoms with van der Waals surface area (Å²) in [7, 11) is 0. The monoisotopic (exact) mass is 161 g/mol. The van der Waals surface area contributed by atoms with Gasteiger partial charge in [0.15, 0.2) is 0 Å². The van der Waals surface area contributed by atoms with Crippen molar-refractivity contribution in [3.05, 3.63) is 11.6 Å². The first-order valence-electron chi connectivity index (χ1n) is 3.44. The van der Waals surface area contributed by atoms with Crippen LogP contribution in [0.15, 0.2) is 11.6 Å². The van der Waals surface area contributed by atoms with E-state index in [0.717, 1.165) is 19.5 Å². The highest BCUT2D eigenvalue weighted by molar-refractivity contribution is 6.29. The van der Waals surface area contributed by atoms with Crippen LogP contribution in [-0.2, 0) is 4.74 Å². The van der Waals surface area contributed by atoms with Crippen molar-refractivity contribution in [2.75, 3.05) is 19.7 Å². The molecule has 1 unspecified atom stereocenters. The zero-order valence-corrected chi connectivity index (χ0v) is 6.66. The quantitative estimate of drug-likeness (QED) is 0.670. The largest absolute Gasteiger partial charge is 0.371 e. The lowest BCUT2D eigenvalue weighted by molar-refractivity contribution is 0.0878. The van der Waals surface area contributed by atoms with Gasteiger partial charge in [0.25, 0.3) is 0 Å². The van der Waals surface area contributed by atoms with Gasteiger partial charge in [0.2, 0.25) is 0 Å². The summed E-state index contributed by atoms with van der Waals surface area (Å²) in [5, 5.41) is 3.77. The van der Waals surface area contributed by atoms with Gasteiger partial charge in [0, 0.05) is 11.6 Å². The molecule has 3 heteroatoms. The molecule has 1 aliphatic heterocycles. The zero-order valence-electron chi connectivity index (χ0n) is 5.90. The number of halogens is 1. The minimum Gasteiger partial charge on any atom is -0.371 e. The van der Waals surface area contributed by atoms with E-state index >= 15 is 0 Å². The first-order valence-corrected chi connectivity index (χ1v) is 3.82. The molecule has 1 rings (SSSR count). The fraction of sp³-hybridized carbons (Fsp3) is 0.714. The Kier molecular flexibility index (Phi) is 3.19. The van der Waals surface area contributed by atoms with E-state index in [4.69, 9.17) is 16.3 Å². The van der Waals surface area contributed by atoms with E-state index in [-0.39, 0.29) is 0 Å². The number of ether oxygens (including phenoxy) is 1. The average Bonchev–Trinajstić information content (AvgIpc) is 2.34. The highest BCUT2D eigenvalue weighted by Gasteiger charge is 2.13. The van der Waals surface area contributed by atoms with Crippen LogP contribution in [0, 0.1) is 0 Å². The van der Waals surface area contributed by atoms with E-state index < -0.39 is 0 Å². The Bertz CT molecular complexity index is 121. The summed E-state index contributed by atoms with van der Waals surface area (Å²) in [6.07, 6.45) is 1.43. The molecule has 0 bridgehead atoms. The van der Waals surface area contributed by atoms with Crippen molar-refractivity contribution in [1.29, 1.82) is 0 Å². The van der Waals surface area contributed by atoms with Crippen LogP contribution in [-0.4, -0.2) is 25.8 Å². The Morgan fingerprint density at radius 2 is 2.60 bits per heavy atom. The van der Waals surface area contributed by atoms with Crippen molar-refractivity contribution in [2.24, 2.45) is 0 Å². The molecule has 0 aromatic rings. The van der Waals surface area contributed by atoms with Crippen LogP contribution in [0.4, 0.5) is 0 Å². The van der Waals surface area contributed by atoms with Gasteiger partial charge in [-0.1, -0.05) is 18.2 Å². The summed E-state index contributed by atoms with van der Waals surface area (Å²) in [6.45, 7) is 6.02. The third kappa shape index (κ3) is 2.69. The number of nitrogens with one attached hydrogen (secondary N) is 1. The van der Waals surface area contributed by atoms with Gasteiger partial charge in [-0.2, -0.15) is 0 Å². The second-order valence-electron chi connectivity index (χ2n) is 2.44. The molecule has 0 aromatic carbocycles. The lowest BCUT2D eigenvalue weighted by atomic mass is 10.3. The molecule has 0 amide bonds. The molecular formula is C7H12ClNO. The van der Waals surface area contributed by atoms with Crippen LogP contribution in [0.25, 0.3) is 0 Å². The van der Waals surface area contributed by atoms with E-state index in [1.807, 2.05) is 0 Å². The topological polar surface area (TPSA) is 21.3 Å². The molecule has 1 saturated heterocycles. The minimum absolute atomic E-state index is 0.343. The summed E-state index contributed by atoms with van der Waals surface area (Å²) >= 11 is 5.52. The molecular weight excluding hydrogens is 150 g/mol. The molecule has 1 fully saturated rings. The van der Waals surface area contributed by atoms with Gasteiger partial charge in [-0.15, -0.1) is 0 Å². The molecule has 0 saturated carbocycles. The fourth-order valence-corrected chi connectivity index (χ4v) is 1.04. The molecule has 10 heavy (non-hydrogen) atoms. The van der Waals surface area contributed by atoms with E-state index in [2.05, 4.69) is 11.9 Å². The third-order valence-corrected chi connectivity index (χ3v) is 1.60. The Balaban J connectivity index is 2.07. The summed E-state index contributed by atoms with van der Waals surface area (Å²) in [5.41, 5.74) is 0. The van der Waals surface area contributed by atoms with Gasteiger partial charge in [-0.25, -0.2) is 0 Å². The Morgan fingerprint density at radius 1 is 1.80 bits per heavy atom. The summed E-state index contributed by atoms with van der Waals surface area (Å²) in [6, 6.07) is 0. The lowest BCUT2D eigenvalue weighted by Gasteiger charge is -2.08. The molecule has 1 atom stereocenters. The highest BCUT2D eigenvalue weighted by atomic mass is 35.5. The van der Waals surface area contributed by atoms with Crippen LogP contribution in [0.1, 0.15) is 6.42 Å². The van der Waals surface area contributed by atoms with Crippen molar-refractivity contribution in [1.82, 2.24) is 5.32 Å². The summed E-state index contributed by atoms with van der Waals surface area (Å²) in [5.74, 6) is 0. The molecule has 1 N–H and O–H groups in total. The normalized spacial score (nSPS) is 25.1. The van der Waals surface area contributed by atoms with Crippen LogP contribution in [0.3, 0.4) is 0 Å². The van der Waals surface area contributed by atoms with Gasteiger partial charge in [0.1, 0.15) is 0 Å². The van der Waals surface area contributed by atoms with E-state index in [9.17, 15) is 0 Å².